The van der Waals surface area contributed by atoms with E-state index in [1.807, 2.05) is 4.98 Å². The van der Waals surface area contributed by atoms with Crippen molar-refractivity contribution in [2.75, 3.05) is 0 Å². The summed E-state index contributed by atoms with van der Waals surface area (Å²) in [6.45, 7) is 0.360. The average Bonchev–Trinajstić information content (AvgIpc) is 2.81. The van der Waals surface area contributed by atoms with Crippen molar-refractivity contribution in [3.8, 4) is 0 Å². The fraction of sp³-hybridized carbons (Fsp3) is 0.538. The van der Waals surface area contributed by atoms with Gasteiger partial charge in [0.15, 0.2) is 12.3 Å². The summed E-state index contributed by atoms with van der Waals surface area (Å²) in [5.41, 5.74) is -2.04. The van der Waals surface area contributed by atoms with Crippen LogP contribution in [0.5, 0.6) is 0 Å². The number of aliphatic hydroxyl groups is 3. The predicted octanol–water partition coefficient (Wildman–Crippen LogP) is -3.76. The molecule has 1 aliphatic heterocycles. The van der Waals surface area contributed by atoms with Gasteiger partial charge in [-0.25, -0.2) is 9.59 Å². The summed E-state index contributed by atoms with van der Waals surface area (Å²) in [6.07, 6.45) is -5.63. The normalized spacial score (nSPS) is 27.0. The fourth-order valence-corrected chi connectivity index (χ4v) is 2.52. The van der Waals surface area contributed by atoms with Crippen molar-refractivity contribution in [2.45, 2.75) is 44.1 Å². The lowest BCUT2D eigenvalue weighted by Crippen LogP contribution is -2.52. The number of aromatic amines is 1. The lowest BCUT2D eigenvalue weighted by atomic mass is 10.0. The highest BCUT2D eigenvalue weighted by Crippen LogP contribution is 2.30. The van der Waals surface area contributed by atoms with Crippen LogP contribution in [0.4, 0.5) is 0 Å². The summed E-state index contributed by atoms with van der Waals surface area (Å²) in [7, 11) is 0. The third-order valence-electron chi connectivity index (χ3n) is 3.71. The molecule has 138 valence electrons. The number of carboxylic acid groups (broad SMARTS) is 1. The molecule has 0 radical (unpaired) electrons. The molecule has 1 amide bonds. The van der Waals surface area contributed by atoms with Crippen LogP contribution in [0.1, 0.15) is 18.7 Å². The molecule has 2 heterocycles. The second kappa shape index (κ2) is 7.14. The van der Waals surface area contributed by atoms with Crippen molar-refractivity contribution in [3.05, 3.63) is 32.6 Å². The number of hydrogen-bond donors (Lipinski definition) is 6. The van der Waals surface area contributed by atoms with E-state index < -0.39 is 60.3 Å². The van der Waals surface area contributed by atoms with E-state index in [1.165, 1.54) is 0 Å². The van der Waals surface area contributed by atoms with Crippen LogP contribution in [0.3, 0.4) is 0 Å². The Hall–Kier alpha value is -2.54. The maximum atomic E-state index is 11.9. The van der Waals surface area contributed by atoms with Crippen LogP contribution in [0.15, 0.2) is 15.8 Å². The maximum absolute atomic E-state index is 11.9. The first-order valence-corrected chi connectivity index (χ1v) is 7.14. The number of hydrogen-bond acceptors (Lipinski definition) is 8. The fourth-order valence-electron chi connectivity index (χ4n) is 2.52. The maximum Gasteiger partial charge on any atom is 0.330 e. The molecular weight excluding hydrogens is 342 g/mol. The van der Waals surface area contributed by atoms with E-state index in [0.717, 1.165) is 13.1 Å². The number of carboxylic acids is 1. The monoisotopic (exact) mass is 359 g/mol. The van der Waals surface area contributed by atoms with Crippen LogP contribution >= 0.6 is 0 Å². The number of aromatic nitrogens is 2. The van der Waals surface area contributed by atoms with Gasteiger partial charge in [0.1, 0.15) is 18.3 Å². The molecule has 5 atom stereocenters. The third kappa shape index (κ3) is 3.61. The van der Waals surface area contributed by atoms with Crippen molar-refractivity contribution < 1.29 is 34.8 Å². The lowest BCUT2D eigenvalue weighted by Gasteiger charge is -2.22. The number of amides is 1. The standard InChI is InChI=1S/C13H17N3O9/c1-4(18)14-6(12(22)23)9-7(19)8(20)11(25-9)16-2-5(3-17)10(21)15-13(16)24/h2,6-9,11,17,19-20H,3H2,1H3,(H,14,18)(H,22,23)(H,15,21,24). The van der Waals surface area contributed by atoms with E-state index in [-0.39, 0.29) is 5.56 Å². The molecule has 1 aromatic rings. The number of nitrogens with one attached hydrogen (secondary N) is 2. The first kappa shape index (κ1) is 18.8. The molecule has 0 spiro atoms. The van der Waals surface area contributed by atoms with Gasteiger partial charge in [-0.1, -0.05) is 0 Å². The Morgan fingerprint density at radius 1 is 1.36 bits per heavy atom. The molecule has 5 unspecified atom stereocenters. The molecule has 0 aliphatic carbocycles. The molecule has 6 N–H and O–H groups in total. The van der Waals surface area contributed by atoms with Crippen LogP contribution in [0.2, 0.25) is 0 Å². The molecule has 0 bridgehead atoms. The van der Waals surface area contributed by atoms with E-state index in [4.69, 9.17) is 9.84 Å². The van der Waals surface area contributed by atoms with E-state index >= 15 is 0 Å². The zero-order valence-corrected chi connectivity index (χ0v) is 12.9. The minimum Gasteiger partial charge on any atom is -0.480 e. The van der Waals surface area contributed by atoms with Gasteiger partial charge in [-0.15, -0.1) is 0 Å². The summed E-state index contributed by atoms with van der Waals surface area (Å²) in [5, 5.41) is 40.5. The van der Waals surface area contributed by atoms with Crippen LogP contribution in [-0.4, -0.2) is 66.2 Å². The van der Waals surface area contributed by atoms with Gasteiger partial charge in [0.25, 0.3) is 5.56 Å². The minimum atomic E-state index is -1.74. The molecule has 12 nitrogen and oxygen atoms in total. The molecule has 2 rings (SSSR count). The topological polar surface area (TPSA) is 191 Å². The number of aliphatic carboxylic acids is 1. The van der Waals surface area contributed by atoms with E-state index in [9.17, 15) is 34.5 Å². The first-order valence-electron chi connectivity index (χ1n) is 7.14. The molecule has 1 fully saturated rings. The summed E-state index contributed by atoms with van der Waals surface area (Å²) in [6, 6.07) is -1.68. The number of carbonyl (C=O) groups is 2. The average molecular weight is 359 g/mol. The first-order chi connectivity index (χ1) is 11.7. The molecule has 1 aromatic heterocycles. The Labute approximate surface area is 139 Å². The number of ether oxygens (including phenoxy) is 1. The summed E-state index contributed by atoms with van der Waals surface area (Å²) in [5.74, 6) is -2.22. The zero-order valence-electron chi connectivity index (χ0n) is 12.9. The highest BCUT2D eigenvalue weighted by Gasteiger charge is 2.50. The highest BCUT2D eigenvalue weighted by atomic mass is 16.6. The van der Waals surface area contributed by atoms with Gasteiger partial charge in [-0.2, -0.15) is 0 Å². The Bertz CT molecular complexity index is 786. The van der Waals surface area contributed by atoms with E-state index in [1.54, 1.807) is 0 Å². The SMILES string of the molecule is CC(=O)NC(C(=O)O)C1OC(n2cc(CO)c(=O)[nH]c2=O)C(O)C1O. The van der Waals surface area contributed by atoms with E-state index in [2.05, 4.69) is 5.32 Å². The summed E-state index contributed by atoms with van der Waals surface area (Å²) < 4.78 is 6.00. The molecule has 25 heavy (non-hydrogen) atoms. The second-order valence-electron chi connectivity index (χ2n) is 5.47. The number of H-pyrrole nitrogens is 1. The Morgan fingerprint density at radius 3 is 2.52 bits per heavy atom. The van der Waals surface area contributed by atoms with Gasteiger partial charge in [0.2, 0.25) is 5.91 Å². The Morgan fingerprint density at radius 2 is 2.00 bits per heavy atom. The molecular formula is C13H17N3O9. The lowest BCUT2D eigenvalue weighted by molar-refractivity contribution is -0.149. The molecule has 0 aromatic carbocycles. The predicted molar refractivity (Wildman–Crippen MR) is 78.4 cm³/mol. The zero-order chi connectivity index (χ0) is 18.9. The molecule has 1 aliphatic rings. The van der Waals surface area contributed by atoms with Crippen LogP contribution < -0.4 is 16.6 Å². The van der Waals surface area contributed by atoms with Crippen molar-refractivity contribution in [3.63, 3.8) is 0 Å². The van der Waals surface area contributed by atoms with Crippen LogP contribution in [0.25, 0.3) is 0 Å². The van der Waals surface area contributed by atoms with E-state index in [0.29, 0.717) is 4.57 Å². The number of rotatable bonds is 5. The van der Waals surface area contributed by atoms with Gasteiger partial charge < -0.3 is 30.5 Å². The van der Waals surface area contributed by atoms with Crippen molar-refractivity contribution >= 4 is 11.9 Å². The minimum absolute atomic E-state index is 0.204. The van der Waals surface area contributed by atoms with Crippen molar-refractivity contribution in [1.29, 1.82) is 0 Å². The second-order valence-corrected chi connectivity index (χ2v) is 5.47. The van der Waals surface area contributed by atoms with Crippen LogP contribution in [0, 0.1) is 0 Å². The molecule has 1 saturated heterocycles. The van der Waals surface area contributed by atoms with Crippen molar-refractivity contribution in [1.82, 2.24) is 14.9 Å². The van der Waals surface area contributed by atoms with Crippen molar-refractivity contribution in [2.24, 2.45) is 0 Å². The smallest absolute Gasteiger partial charge is 0.330 e. The largest absolute Gasteiger partial charge is 0.480 e. The Kier molecular flexibility index (Phi) is 5.37. The Balaban J connectivity index is 2.40. The number of aliphatic hydroxyl groups excluding tert-OH is 3. The number of carbonyl (C=O) groups excluding carboxylic acids is 1. The van der Waals surface area contributed by atoms with Gasteiger partial charge >= 0.3 is 11.7 Å². The van der Waals surface area contributed by atoms with Gasteiger partial charge in [0.05, 0.1) is 12.2 Å². The van der Waals surface area contributed by atoms with Gasteiger partial charge in [-0.3, -0.25) is 19.1 Å². The highest BCUT2D eigenvalue weighted by molar-refractivity contribution is 5.82. The quantitative estimate of drug-likeness (QED) is 0.306. The van der Waals surface area contributed by atoms with Gasteiger partial charge in [-0.05, 0) is 0 Å². The third-order valence-corrected chi connectivity index (χ3v) is 3.71. The summed E-state index contributed by atoms with van der Waals surface area (Å²) in [4.78, 5) is 47.7. The van der Waals surface area contributed by atoms with Gasteiger partial charge in [0, 0.05) is 13.1 Å². The molecule has 0 saturated carbocycles. The summed E-state index contributed by atoms with van der Waals surface area (Å²) >= 11 is 0. The number of nitrogens with zero attached hydrogens (tertiary/aromatic N) is 1. The molecule has 12 heteroatoms. The van der Waals surface area contributed by atoms with Crippen LogP contribution in [-0.2, 0) is 20.9 Å².